The molecule has 0 atom stereocenters. The third-order valence-electron chi connectivity index (χ3n) is 6.18. The lowest BCUT2D eigenvalue weighted by atomic mass is 9.90. The van der Waals surface area contributed by atoms with E-state index in [-0.39, 0.29) is 30.1 Å². The first-order chi connectivity index (χ1) is 16.8. The van der Waals surface area contributed by atoms with Crippen LogP contribution in [0.15, 0.2) is 66.7 Å². The average molecular weight is 498 g/mol. The van der Waals surface area contributed by atoms with Gasteiger partial charge in [-0.25, -0.2) is 8.78 Å². The summed E-state index contributed by atoms with van der Waals surface area (Å²) in [6.45, 7) is 0.220. The molecule has 0 bridgehead atoms. The van der Waals surface area contributed by atoms with Crippen LogP contribution in [0.2, 0.25) is 5.02 Å². The van der Waals surface area contributed by atoms with E-state index < -0.39 is 17.5 Å². The van der Waals surface area contributed by atoms with Gasteiger partial charge >= 0.3 is 0 Å². The molecule has 0 aliphatic heterocycles. The lowest BCUT2D eigenvalue weighted by molar-refractivity contribution is 0.0605. The molecule has 4 rings (SSSR count). The van der Waals surface area contributed by atoms with Crippen molar-refractivity contribution in [3.63, 3.8) is 0 Å². The van der Waals surface area contributed by atoms with Crippen molar-refractivity contribution in [1.82, 2.24) is 4.90 Å². The number of anilines is 1. The fourth-order valence-electron chi connectivity index (χ4n) is 4.40. The van der Waals surface area contributed by atoms with Crippen LogP contribution in [0.25, 0.3) is 0 Å². The van der Waals surface area contributed by atoms with Crippen molar-refractivity contribution in [2.24, 2.45) is 5.73 Å². The Morgan fingerprint density at radius 3 is 2.29 bits per heavy atom. The standard InChI is InChI=1S/C27H26ClF2N3O2/c28-20-5-2-4-18(12-20)26(34)32-24-6-1-3-17(11-24)16-33(25-9-7-23(31)8-10-25)27(35)19-13-21(29)15-22(30)14-19/h1-6,11-15,23,25H,7-10,16,31H2,(H,32,34). The SMILES string of the molecule is NC1CCC(N(Cc2cccc(NC(=O)c3cccc(Cl)c3)c2)C(=O)c2cc(F)cc(F)c2)CC1. The van der Waals surface area contributed by atoms with Crippen LogP contribution < -0.4 is 11.1 Å². The van der Waals surface area contributed by atoms with Gasteiger partial charge in [-0.2, -0.15) is 0 Å². The summed E-state index contributed by atoms with van der Waals surface area (Å²) in [5.41, 5.74) is 7.76. The molecule has 1 saturated carbocycles. The van der Waals surface area contributed by atoms with Crippen molar-refractivity contribution in [3.05, 3.63) is 100 Å². The summed E-state index contributed by atoms with van der Waals surface area (Å²) in [4.78, 5) is 27.7. The predicted octanol–water partition coefficient (Wildman–Crippen LogP) is 5.78. The molecular weight excluding hydrogens is 472 g/mol. The number of benzene rings is 3. The van der Waals surface area contributed by atoms with Gasteiger partial charge in [-0.1, -0.05) is 29.8 Å². The molecule has 0 heterocycles. The molecule has 1 fully saturated rings. The van der Waals surface area contributed by atoms with E-state index in [0.717, 1.165) is 36.6 Å². The highest BCUT2D eigenvalue weighted by molar-refractivity contribution is 6.31. The highest BCUT2D eigenvalue weighted by Crippen LogP contribution is 2.27. The van der Waals surface area contributed by atoms with Crippen LogP contribution in [-0.2, 0) is 6.54 Å². The zero-order valence-electron chi connectivity index (χ0n) is 19.0. The minimum absolute atomic E-state index is 0.0391. The topological polar surface area (TPSA) is 75.4 Å². The molecule has 1 aliphatic rings. The van der Waals surface area contributed by atoms with E-state index in [2.05, 4.69) is 5.32 Å². The maximum atomic E-state index is 13.8. The van der Waals surface area contributed by atoms with Gasteiger partial charge in [0.25, 0.3) is 11.8 Å². The summed E-state index contributed by atoms with van der Waals surface area (Å²) in [6, 6.07) is 16.6. The third kappa shape index (κ3) is 6.44. The van der Waals surface area contributed by atoms with Crippen LogP contribution in [-0.4, -0.2) is 28.8 Å². The Morgan fingerprint density at radius 1 is 0.914 bits per heavy atom. The fourth-order valence-corrected chi connectivity index (χ4v) is 4.59. The van der Waals surface area contributed by atoms with E-state index in [1.807, 2.05) is 6.07 Å². The summed E-state index contributed by atoms with van der Waals surface area (Å²) in [7, 11) is 0. The number of nitrogens with two attached hydrogens (primary N) is 1. The monoisotopic (exact) mass is 497 g/mol. The largest absolute Gasteiger partial charge is 0.331 e. The number of hydrogen-bond donors (Lipinski definition) is 2. The van der Waals surface area contributed by atoms with Gasteiger partial charge < -0.3 is 16.0 Å². The van der Waals surface area contributed by atoms with Crippen LogP contribution in [0.3, 0.4) is 0 Å². The van der Waals surface area contributed by atoms with Crippen molar-refractivity contribution in [3.8, 4) is 0 Å². The Kier molecular flexibility index (Phi) is 7.78. The summed E-state index contributed by atoms with van der Waals surface area (Å²) < 4.78 is 27.7. The van der Waals surface area contributed by atoms with Crippen LogP contribution in [0, 0.1) is 11.6 Å². The fraction of sp³-hybridized carbons (Fsp3) is 0.259. The Morgan fingerprint density at radius 2 is 1.60 bits per heavy atom. The third-order valence-corrected chi connectivity index (χ3v) is 6.41. The number of carbonyl (C=O) groups excluding carboxylic acids is 2. The molecule has 3 aromatic rings. The van der Waals surface area contributed by atoms with E-state index in [0.29, 0.717) is 29.1 Å². The lowest BCUT2D eigenvalue weighted by Crippen LogP contribution is -2.44. The molecule has 5 nitrogen and oxygen atoms in total. The van der Waals surface area contributed by atoms with Crippen LogP contribution in [0.5, 0.6) is 0 Å². The van der Waals surface area contributed by atoms with Crippen molar-refractivity contribution >= 4 is 29.1 Å². The molecule has 0 aromatic heterocycles. The molecule has 35 heavy (non-hydrogen) atoms. The van der Waals surface area contributed by atoms with Gasteiger partial charge in [0, 0.05) is 46.5 Å². The highest BCUT2D eigenvalue weighted by atomic mass is 35.5. The Labute approximate surface area is 207 Å². The van der Waals surface area contributed by atoms with E-state index in [1.54, 1.807) is 47.4 Å². The first-order valence-electron chi connectivity index (χ1n) is 11.5. The number of nitrogens with zero attached hydrogens (tertiary/aromatic N) is 1. The highest BCUT2D eigenvalue weighted by Gasteiger charge is 2.29. The van der Waals surface area contributed by atoms with Crippen molar-refractivity contribution in [1.29, 1.82) is 0 Å². The quantitative estimate of drug-likeness (QED) is 0.453. The number of halogens is 3. The summed E-state index contributed by atoms with van der Waals surface area (Å²) in [5, 5.41) is 3.30. The summed E-state index contributed by atoms with van der Waals surface area (Å²) >= 11 is 5.98. The minimum atomic E-state index is -0.801. The van der Waals surface area contributed by atoms with Crippen LogP contribution >= 0.6 is 11.6 Å². The molecule has 2 amide bonds. The number of rotatable bonds is 6. The van der Waals surface area contributed by atoms with E-state index in [4.69, 9.17) is 17.3 Å². The van der Waals surface area contributed by atoms with E-state index >= 15 is 0 Å². The summed E-state index contributed by atoms with van der Waals surface area (Å²) in [5.74, 6) is -2.36. The van der Waals surface area contributed by atoms with Gasteiger partial charge in [0.1, 0.15) is 11.6 Å². The van der Waals surface area contributed by atoms with Crippen molar-refractivity contribution in [2.75, 3.05) is 5.32 Å². The van der Waals surface area contributed by atoms with Gasteiger partial charge in [-0.05, 0) is 73.7 Å². The van der Waals surface area contributed by atoms with E-state index in [1.165, 1.54) is 0 Å². The molecule has 8 heteroatoms. The van der Waals surface area contributed by atoms with Gasteiger partial charge in [0.15, 0.2) is 0 Å². The van der Waals surface area contributed by atoms with Crippen LogP contribution in [0.4, 0.5) is 14.5 Å². The second kappa shape index (κ2) is 11.0. The first-order valence-corrected chi connectivity index (χ1v) is 11.8. The van der Waals surface area contributed by atoms with Gasteiger partial charge in [-0.3, -0.25) is 9.59 Å². The Hall–Kier alpha value is -3.29. The Balaban J connectivity index is 1.57. The Bertz CT molecular complexity index is 1210. The van der Waals surface area contributed by atoms with Crippen molar-refractivity contribution < 1.29 is 18.4 Å². The number of amides is 2. The zero-order chi connectivity index (χ0) is 24.9. The second-order valence-electron chi connectivity index (χ2n) is 8.82. The smallest absolute Gasteiger partial charge is 0.255 e. The number of carbonyl (C=O) groups is 2. The normalized spacial score (nSPS) is 17.6. The molecule has 1 aliphatic carbocycles. The first kappa shape index (κ1) is 24.8. The molecule has 182 valence electrons. The molecule has 0 saturated heterocycles. The minimum Gasteiger partial charge on any atom is -0.331 e. The number of hydrogen-bond acceptors (Lipinski definition) is 3. The lowest BCUT2D eigenvalue weighted by Gasteiger charge is -2.36. The maximum Gasteiger partial charge on any atom is 0.255 e. The molecule has 3 aromatic carbocycles. The van der Waals surface area contributed by atoms with Crippen LogP contribution in [0.1, 0.15) is 52.0 Å². The number of nitrogens with one attached hydrogen (secondary N) is 1. The summed E-state index contributed by atoms with van der Waals surface area (Å²) in [6.07, 6.45) is 2.94. The molecule has 0 radical (unpaired) electrons. The molecule has 3 N–H and O–H groups in total. The predicted molar refractivity (Wildman–Crippen MR) is 132 cm³/mol. The molecule has 0 spiro atoms. The maximum absolute atomic E-state index is 13.8. The molecular formula is C27H26ClF2N3O2. The second-order valence-corrected chi connectivity index (χ2v) is 9.26. The van der Waals surface area contributed by atoms with E-state index in [9.17, 15) is 18.4 Å². The zero-order valence-corrected chi connectivity index (χ0v) is 19.8. The average Bonchev–Trinajstić information content (AvgIpc) is 2.82. The van der Waals surface area contributed by atoms with Gasteiger partial charge in [0.2, 0.25) is 0 Å². The van der Waals surface area contributed by atoms with Gasteiger partial charge in [-0.15, -0.1) is 0 Å². The van der Waals surface area contributed by atoms with Gasteiger partial charge in [0.05, 0.1) is 0 Å². The molecule has 0 unspecified atom stereocenters. The van der Waals surface area contributed by atoms with Crippen molar-refractivity contribution in [2.45, 2.75) is 44.3 Å².